The summed E-state index contributed by atoms with van der Waals surface area (Å²) in [5.74, 6) is 3.59. The van der Waals surface area contributed by atoms with Gasteiger partial charge in [0.25, 0.3) is 0 Å². The number of hydrogen-bond donors (Lipinski definition) is 0. The summed E-state index contributed by atoms with van der Waals surface area (Å²) in [7, 11) is 0. The molecule has 2 heteroatoms. The second-order valence-electron chi connectivity index (χ2n) is 7.91. The summed E-state index contributed by atoms with van der Waals surface area (Å²) >= 11 is 0. The highest BCUT2D eigenvalue weighted by Gasteiger charge is 2.17. The summed E-state index contributed by atoms with van der Waals surface area (Å²) in [5, 5.41) is 0. The first-order valence-corrected chi connectivity index (χ1v) is 9.71. The predicted molar refractivity (Wildman–Crippen MR) is 104 cm³/mol. The molecule has 0 aliphatic carbocycles. The lowest BCUT2D eigenvalue weighted by Crippen LogP contribution is -2.18. The number of hydrogen-bond acceptors (Lipinski definition) is 2. The molecule has 0 bridgehead atoms. The maximum absolute atomic E-state index is 5.88. The molecule has 24 heavy (non-hydrogen) atoms. The monoisotopic (exact) mass is 334 g/mol. The highest BCUT2D eigenvalue weighted by molar-refractivity contribution is 5.29. The van der Waals surface area contributed by atoms with Gasteiger partial charge in [-0.1, -0.05) is 60.1 Å². The molecule has 1 aromatic rings. The fourth-order valence-electron chi connectivity index (χ4n) is 2.96. The largest absolute Gasteiger partial charge is 0.465 e. The third kappa shape index (κ3) is 7.70. The van der Waals surface area contributed by atoms with Crippen LogP contribution in [-0.2, 0) is 4.74 Å². The van der Waals surface area contributed by atoms with E-state index < -0.39 is 0 Å². The van der Waals surface area contributed by atoms with Crippen LogP contribution in [0.1, 0.15) is 79.2 Å². The van der Waals surface area contributed by atoms with Crippen LogP contribution in [0.2, 0.25) is 0 Å². The molecular formula is C22H38O2. The number of rotatable bonds is 11. The molecule has 2 nitrogen and oxygen atoms in total. The van der Waals surface area contributed by atoms with Crippen LogP contribution in [0.5, 0.6) is 5.75 Å². The molecule has 1 rings (SSSR count). The molecule has 0 heterocycles. The van der Waals surface area contributed by atoms with E-state index in [0.29, 0.717) is 23.7 Å². The maximum Gasteiger partial charge on any atom is 0.196 e. The minimum Gasteiger partial charge on any atom is -0.465 e. The van der Waals surface area contributed by atoms with Gasteiger partial charge in [0.15, 0.2) is 6.29 Å². The molecule has 0 aliphatic rings. The second-order valence-corrected chi connectivity index (χ2v) is 7.91. The molecule has 3 unspecified atom stereocenters. The molecule has 0 spiro atoms. The zero-order chi connectivity index (χ0) is 18.1. The van der Waals surface area contributed by atoms with E-state index >= 15 is 0 Å². The van der Waals surface area contributed by atoms with Gasteiger partial charge in [-0.05, 0) is 61.1 Å². The van der Waals surface area contributed by atoms with Crippen LogP contribution in [0.25, 0.3) is 0 Å². The molecule has 1 aromatic carbocycles. The van der Waals surface area contributed by atoms with Crippen LogP contribution in [0.3, 0.4) is 0 Å². The van der Waals surface area contributed by atoms with Gasteiger partial charge in [-0.3, -0.25) is 0 Å². The van der Waals surface area contributed by atoms with Gasteiger partial charge in [-0.25, -0.2) is 0 Å². The standard InChI is InChI=1S/C22H38O2/c1-8-18(6)13-14-23-19(7)24-21-11-9-20(10-12-21)22(17(4)5)15-16(2)3/h9-12,16-19,22H,8,13-15H2,1-7H3. The Bertz CT molecular complexity index is 436. The van der Waals surface area contributed by atoms with Crippen molar-refractivity contribution in [3.8, 4) is 5.75 Å². The fourth-order valence-corrected chi connectivity index (χ4v) is 2.96. The highest BCUT2D eigenvalue weighted by atomic mass is 16.7. The summed E-state index contributed by atoms with van der Waals surface area (Å²) in [6.45, 7) is 16.4. The summed E-state index contributed by atoms with van der Waals surface area (Å²) in [6.07, 6.45) is 3.32. The molecule has 0 radical (unpaired) electrons. The number of benzene rings is 1. The summed E-state index contributed by atoms with van der Waals surface area (Å²) < 4.78 is 11.6. The van der Waals surface area contributed by atoms with Crippen LogP contribution in [-0.4, -0.2) is 12.9 Å². The lowest BCUT2D eigenvalue weighted by Gasteiger charge is -2.24. The zero-order valence-corrected chi connectivity index (χ0v) is 16.8. The van der Waals surface area contributed by atoms with Gasteiger partial charge in [-0.2, -0.15) is 0 Å². The quantitative estimate of drug-likeness (QED) is 0.422. The molecule has 0 aromatic heterocycles. The van der Waals surface area contributed by atoms with Gasteiger partial charge in [0.2, 0.25) is 0 Å². The normalized spacial score (nSPS) is 15.5. The van der Waals surface area contributed by atoms with E-state index in [4.69, 9.17) is 9.47 Å². The first kappa shape index (κ1) is 21.0. The highest BCUT2D eigenvalue weighted by Crippen LogP contribution is 2.32. The molecule has 3 atom stereocenters. The minimum absolute atomic E-state index is 0.198. The third-order valence-corrected chi connectivity index (χ3v) is 4.80. The second kappa shape index (κ2) is 10.8. The van der Waals surface area contributed by atoms with Crippen molar-refractivity contribution in [3.63, 3.8) is 0 Å². The Morgan fingerprint density at radius 1 is 0.917 bits per heavy atom. The Morgan fingerprint density at radius 3 is 2.04 bits per heavy atom. The fraction of sp³-hybridized carbons (Fsp3) is 0.727. The van der Waals surface area contributed by atoms with E-state index in [1.807, 2.05) is 6.92 Å². The summed E-state index contributed by atoms with van der Waals surface area (Å²) in [4.78, 5) is 0. The predicted octanol–water partition coefficient (Wildman–Crippen LogP) is 6.65. The van der Waals surface area contributed by atoms with Crippen LogP contribution in [0.15, 0.2) is 24.3 Å². The average molecular weight is 335 g/mol. The van der Waals surface area contributed by atoms with Crippen LogP contribution in [0, 0.1) is 17.8 Å². The first-order chi connectivity index (χ1) is 11.3. The topological polar surface area (TPSA) is 18.5 Å². The summed E-state index contributed by atoms with van der Waals surface area (Å²) in [6, 6.07) is 8.60. The lowest BCUT2D eigenvalue weighted by molar-refractivity contribution is -0.0699. The van der Waals surface area contributed by atoms with E-state index in [0.717, 1.165) is 18.8 Å². The van der Waals surface area contributed by atoms with Crippen molar-refractivity contribution in [1.82, 2.24) is 0 Å². The summed E-state index contributed by atoms with van der Waals surface area (Å²) in [5.41, 5.74) is 1.41. The van der Waals surface area contributed by atoms with E-state index in [2.05, 4.69) is 65.8 Å². The van der Waals surface area contributed by atoms with Gasteiger partial charge in [0, 0.05) is 0 Å². The van der Waals surface area contributed by atoms with Crippen molar-refractivity contribution < 1.29 is 9.47 Å². The van der Waals surface area contributed by atoms with Crippen molar-refractivity contribution in [2.45, 2.75) is 79.9 Å². The third-order valence-electron chi connectivity index (χ3n) is 4.80. The van der Waals surface area contributed by atoms with Gasteiger partial charge < -0.3 is 9.47 Å². The Balaban J connectivity index is 2.54. The molecule has 0 saturated heterocycles. The average Bonchev–Trinajstić information content (AvgIpc) is 2.53. The molecule has 0 saturated carbocycles. The van der Waals surface area contributed by atoms with Crippen LogP contribution < -0.4 is 4.74 Å². The Kier molecular flexibility index (Phi) is 9.43. The number of ether oxygens (including phenoxy) is 2. The molecular weight excluding hydrogens is 296 g/mol. The van der Waals surface area contributed by atoms with E-state index in [1.54, 1.807) is 0 Å². The van der Waals surface area contributed by atoms with E-state index in [-0.39, 0.29) is 6.29 Å². The van der Waals surface area contributed by atoms with Crippen molar-refractivity contribution in [2.75, 3.05) is 6.61 Å². The SMILES string of the molecule is CCC(C)CCOC(C)Oc1ccc(C(CC(C)C)C(C)C)cc1. The van der Waals surface area contributed by atoms with Gasteiger partial charge in [0.05, 0.1) is 6.61 Å². The zero-order valence-electron chi connectivity index (χ0n) is 16.8. The van der Waals surface area contributed by atoms with Crippen LogP contribution in [0.4, 0.5) is 0 Å². The van der Waals surface area contributed by atoms with Crippen molar-refractivity contribution in [2.24, 2.45) is 17.8 Å². The van der Waals surface area contributed by atoms with Crippen molar-refractivity contribution in [1.29, 1.82) is 0 Å². The lowest BCUT2D eigenvalue weighted by atomic mass is 9.82. The van der Waals surface area contributed by atoms with Crippen molar-refractivity contribution in [3.05, 3.63) is 29.8 Å². The molecule has 0 fully saturated rings. The Labute approximate surface area is 149 Å². The van der Waals surface area contributed by atoms with Gasteiger partial charge in [-0.15, -0.1) is 0 Å². The van der Waals surface area contributed by atoms with Gasteiger partial charge >= 0.3 is 0 Å². The Hall–Kier alpha value is -1.02. The van der Waals surface area contributed by atoms with Crippen molar-refractivity contribution >= 4 is 0 Å². The Morgan fingerprint density at radius 2 is 1.54 bits per heavy atom. The molecule has 0 aliphatic heterocycles. The van der Waals surface area contributed by atoms with Gasteiger partial charge in [0.1, 0.15) is 5.75 Å². The first-order valence-electron chi connectivity index (χ1n) is 9.71. The maximum atomic E-state index is 5.88. The van der Waals surface area contributed by atoms with E-state index in [1.165, 1.54) is 18.4 Å². The minimum atomic E-state index is -0.198. The van der Waals surface area contributed by atoms with E-state index in [9.17, 15) is 0 Å². The van der Waals surface area contributed by atoms with Crippen LogP contribution >= 0.6 is 0 Å². The molecule has 0 N–H and O–H groups in total. The molecule has 0 amide bonds. The smallest absolute Gasteiger partial charge is 0.196 e. The molecule has 138 valence electrons.